The zero-order valence-corrected chi connectivity index (χ0v) is 7.09. The molecule has 1 aromatic rings. The molecule has 3 heteroatoms. The van der Waals surface area contributed by atoms with Crippen LogP contribution in [0.1, 0.15) is 12.5 Å². The average Bonchev–Trinajstić information content (AvgIpc) is 1.96. The van der Waals surface area contributed by atoms with Crippen LogP contribution < -0.4 is 5.32 Å². The molecule has 0 saturated heterocycles. The number of carbonyl (C=O) groups is 1. The van der Waals surface area contributed by atoms with Gasteiger partial charge >= 0.3 is 0 Å². The van der Waals surface area contributed by atoms with Crippen LogP contribution >= 0.6 is 0 Å². The van der Waals surface area contributed by atoms with Crippen LogP contribution in [0.5, 0.6) is 5.75 Å². The van der Waals surface area contributed by atoms with Crippen molar-refractivity contribution in [2.45, 2.75) is 13.8 Å². The summed E-state index contributed by atoms with van der Waals surface area (Å²) in [6, 6.07) is 4.86. The fraction of sp³-hybridized carbons (Fsp3) is 0.222. The first-order valence-corrected chi connectivity index (χ1v) is 3.67. The van der Waals surface area contributed by atoms with Gasteiger partial charge in [-0.15, -0.1) is 0 Å². The van der Waals surface area contributed by atoms with E-state index in [0.29, 0.717) is 5.69 Å². The molecule has 12 heavy (non-hydrogen) atoms. The molecule has 64 valence electrons. The second-order valence-corrected chi connectivity index (χ2v) is 2.68. The number of nitrogens with one attached hydrogen (secondary N) is 1. The van der Waals surface area contributed by atoms with Crippen molar-refractivity contribution in [2.75, 3.05) is 5.32 Å². The molecule has 0 heterocycles. The van der Waals surface area contributed by atoms with Gasteiger partial charge in [-0.3, -0.25) is 4.79 Å². The second-order valence-electron chi connectivity index (χ2n) is 2.68. The standard InChI is InChI=1S/C9H11NO2/c1-6-3-4-8(12)5-9(6)10-7(2)11/h3-5,12H,1-2H3,(H,10,11). The molecule has 2 N–H and O–H groups in total. The van der Waals surface area contributed by atoms with E-state index in [2.05, 4.69) is 5.32 Å². The zero-order valence-electron chi connectivity index (χ0n) is 7.09. The van der Waals surface area contributed by atoms with Gasteiger partial charge in [-0.2, -0.15) is 0 Å². The summed E-state index contributed by atoms with van der Waals surface area (Å²) < 4.78 is 0. The topological polar surface area (TPSA) is 49.3 Å². The van der Waals surface area contributed by atoms with Crippen LogP contribution in [0.2, 0.25) is 0 Å². The van der Waals surface area contributed by atoms with E-state index < -0.39 is 0 Å². The highest BCUT2D eigenvalue weighted by molar-refractivity contribution is 5.89. The maximum absolute atomic E-state index is 10.7. The van der Waals surface area contributed by atoms with Crippen LogP contribution in [0.3, 0.4) is 0 Å². The summed E-state index contributed by atoms with van der Waals surface area (Å²) in [5.41, 5.74) is 1.59. The number of hydrogen-bond acceptors (Lipinski definition) is 2. The third kappa shape index (κ3) is 1.99. The van der Waals surface area contributed by atoms with E-state index in [1.807, 2.05) is 6.92 Å². The van der Waals surface area contributed by atoms with Crippen molar-refractivity contribution in [3.63, 3.8) is 0 Å². The minimum absolute atomic E-state index is 0.135. The predicted octanol–water partition coefficient (Wildman–Crippen LogP) is 1.66. The Kier molecular flexibility index (Phi) is 2.33. The largest absolute Gasteiger partial charge is 0.508 e. The highest BCUT2D eigenvalue weighted by atomic mass is 16.3. The zero-order chi connectivity index (χ0) is 9.14. The lowest BCUT2D eigenvalue weighted by Gasteiger charge is -2.05. The number of phenols is 1. The first-order valence-electron chi connectivity index (χ1n) is 3.67. The van der Waals surface area contributed by atoms with Crippen molar-refractivity contribution in [3.05, 3.63) is 23.8 Å². The molecule has 3 nitrogen and oxygen atoms in total. The molecule has 0 aliphatic carbocycles. The summed E-state index contributed by atoms with van der Waals surface area (Å²) in [5, 5.41) is 11.7. The Morgan fingerprint density at radius 1 is 1.50 bits per heavy atom. The first kappa shape index (κ1) is 8.59. The van der Waals surface area contributed by atoms with Crippen LogP contribution in [-0.2, 0) is 4.79 Å². The van der Waals surface area contributed by atoms with Gasteiger partial charge in [0.15, 0.2) is 0 Å². The van der Waals surface area contributed by atoms with Gasteiger partial charge in [0.25, 0.3) is 0 Å². The molecule has 0 radical (unpaired) electrons. The maximum atomic E-state index is 10.7. The third-order valence-corrected chi connectivity index (χ3v) is 1.53. The number of anilines is 1. The molecule has 1 aromatic carbocycles. The van der Waals surface area contributed by atoms with Crippen molar-refractivity contribution in [2.24, 2.45) is 0 Å². The summed E-state index contributed by atoms with van der Waals surface area (Å²) in [4.78, 5) is 10.7. The van der Waals surface area contributed by atoms with Crippen LogP contribution in [0.4, 0.5) is 5.69 Å². The molecule has 0 spiro atoms. The SMILES string of the molecule is CC(=O)Nc1cc(O)ccc1C. The van der Waals surface area contributed by atoms with E-state index in [4.69, 9.17) is 5.11 Å². The Hall–Kier alpha value is -1.51. The lowest BCUT2D eigenvalue weighted by molar-refractivity contribution is -0.114. The molecule has 1 rings (SSSR count). The third-order valence-electron chi connectivity index (χ3n) is 1.53. The Balaban J connectivity index is 2.97. The van der Waals surface area contributed by atoms with Gasteiger partial charge in [-0.25, -0.2) is 0 Å². The van der Waals surface area contributed by atoms with Gasteiger partial charge in [-0.05, 0) is 18.6 Å². The molecule has 0 aromatic heterocycles. The minimum Gasteiger partial charge on any atom is -0.508 e. The Morgan fingerprint density at radius 3 is 2.75 bits per heavy atom. The fourth-order valence-electron chi connectivity index (χ4n) is 0.934. The number of aromatic hydroxyl groups is 1. The monoisotopic (exact) mass is 165 g/mol. The van der Waals surface area contributed by atoms with Crippen LogP contribution in [-0.4, -0.2) is 11.0 Å². The van der Waals surface area contributed by atoms with Gasteiger partial charge in [-0.1, -0.05) is 6.07 Å². The minimum atomic E-state index is -0.135. The Bertz CT molecular complexity index is 307. The number of amides is 1. The molecule has 0 saturated carbocycles. The van der Waals surface area contributed by atoms with Crippen molar-refractivity contribution in [1.29, 1.82) is 0 Å². The smallest absolute Gasteiger partial charge is 0.221 e. The van der Waals surface area contributed by atoms with E-state index in [1.54, 1.807) is 12.1 Å². The van der Waals surface area contributed by atoms with E-state index in [1.165, 1.54) is 13.0 Å². The van der Waals surface area contributed by atoms with Gasteiger partial charge in [0.1, 0.15) is 5.75 Å². The number of benzene rings is 1. The lowest BCUT2D eigenvalue weighted by Crippen LogP contribution is -2.06. The molecule has 0 aliphatic rings. The second kappa shape index (κ2) is 3.26. The number of carbonyl (C=O) groups excluding carboxylic acids is 1. The predicted molar refractivity (Wildman–Crippen MR) is 47.1 cm³/mol. The lowest BCUT2D eigenvalue weighted by atomic mass is 10.2. The molecular formula is C9H11NO2. The Labute approximate surface area is 71.0 Å². The molecule has 1 amide bonds. The molecule has 0 bridgehead atoms. The number of hydrogen-bond donors (Lipinski definition) is 2. The van der Waals surface area contributed by atoms with Crippen molar-refractivity contribution in [3.8, 4) is 5.75 Å². The summed E-state index contributed by atoms with van der Waals surface area (Å²) in [6.45, 7) is 3.30. The number of aryl methyl sites for hydroxylation is 1. The molecule has 0 unspecified atom stereocenters. The summed E-state index contributed by atoms with van der Waals surface area (Å²) >= 11 is 0. The van der Waals surface area contributed by atoms with E-state index in [0.717, 1.165) is 5.56 Å². The summed E-state index contributed by atoms with van der Waals surface area (Å²) in [5.74, 6) is 0.0213. The highest BCUT2D eigenvalue weighted by Crippen LogP contribution is 2.20. The molecular weight excluding hydrogens is 154 g/mol. The fourth-order valence-corrected chi connectivity index (χ4v) is 0.934. The molecule has 0 fully saturated rings. The number of phenolic OH excluding ortho intramolecular Hbond substituents is 1. The Morgan fingerprint density at radius 2 is 2.17 bits per heavy atom. The quantitative estimate of drug-likeness (QED) is 0.664. The molecule has 0 atom stereocenters. The van der Waals surface area contributed by atoms with Crippen molar-refractivity contribution in [1.82, 2.24) is 0 Å². The van der Waals surface area contributed by atoms with Gasteiger partial charge in [0.05, 0.1) is 0 Å². The van der Waals surface area contributed by atoms with Gasteiger partial charge in [0, 0.05) is 18.7 Å². The van der Waals surface area contributed by atoms with Crippen molar-refractivity contribution >= 4 is 11.6 Å². The van der Waals surface area contributed by atoms with Gasteiger partial charge < -0.3 is 10.4 Å². The van der Waals surface area contributed by atoms with Crippen LogP contribution in [0.15, 0.2) is 18.2 Å². The number of rotatable bonds is 1. The van der Waals surface area contributed by atoms with E-state index >= 15 is 0 Å². The highest BCUT2D eigenvalue weighted by Gasteiger charge is 2.00. The van der Waals surface area contributed by atoms with E-state index in [-0.39, 0.29) is 11.7 Å². The van der Waals surface area contributed by atoms with Crippen LogP contribution in [0.25, 0.3) is 0 Å². The van der Waals surface area contributed by atoms with E-state index in [9.17, 15) is 4.79 Å². The first-order chi connectivity index (χ1) is 5.59. The van der Waals surface area contributed by atoms with Crippen LogP contribution in [0, 0.1) is 6.92 Å². The maximum Gasteiger partial charge on any atom is 0.221 e. The normalized spacial score (nSPS) is 9.50. The summed E-state index contributed by atoms with van der Waals surface area (Å²) in [7, 11) is 0. The molecule has 0 aliphatic heterocycles. The van der Waals surface area contributed by atoms with Gasteiger partial charge in [0.2, 0.25) is 5.91 Å². The summed E-state index contributed by atoms with van der Waals surface area (Å²) in [6.07, 6.45) is 0. The average molecular weight is 165 g/mol. The van der Waals surface area contributed by atoms with Crippen molar-refractivity contribution < 1.29 is 9.90 Å².